The van der Waals surface area contributed by atoms with Gasteiger partial charge in [0.25, 0.3) is 0 Å². The summed E-state index contributed by atoms with van der Waals surface area (Å²) in [6.07, 6.45) is 0. The molecule has 0 spiro atoms. The molecule has 0 heterocycles. The van der Waals surface area contributed by atoms with Gasteiger partial charge in [-0.05, 0) is 67.9 Å². The van der Waals surface area contributed by atoms with Crippen LogP contribution < -0.4 is 10.0 Å². The standard InChI is InChI=1S/C23H23Cl2N3O4S/c1-23(2,3)32-21(29)13-28(33(31)20-11-17(24)10-18(25)12-20)19-7-6-14-4-5-15(22(26)27-30)8-16(14)9-19/h4-12,30H,13H2,1-3H3,(H2,26,27). The number of benzene rings is 3. The molecule has 3 N–H and O–H groups in total. The number of oxime groups is 1. The number of halogens is 2. The normalized spacial score (nSPS) is 13.1. The van der Waals surface area contributed by atoms with Crippen LogP contribution in [-0.4, -0.2) is 33.4 Å². The minimum absolute atomic E-state index is 0.0370. The molecule has 0 aliphatic rings. The molecule has 0 aromatic heterocycles. The van der Waals surface area contributed by atoms with E-state index in [-0.39, 0.29) is 12.4 Å². The van der Waals surface area contributed by atoms with Gasteiger partial charge in [0, 0.05) is 15.6 Å². The minimum atomic E-state index is -1.83. The molecule has 0 saturated heterocycles. The Balaban J connectivity index is 2.08. The first-order valence-corrected chi connectivity index (χ1v) is 11.7. The van der Waals surface area contributed by atoms with Crippen molar-refractivity contribution in [3.8, 4) is 0 Å². The molecule has 0 bridgehead atoms. The maximum Gasteiger partial charge on any atom is 0.327 e. The maximum atomic E-state index is 13.5. The zero-order valence-corrected chi connectivity index (χ0v) is 20.5. The minimum Gasteiger partial charge on any atom is -0.459 e. The van der Waals surface area contributed by atoms with Crippen LogP contribution in [0, 0.1) is 0 Å². The third kappa shape index (κ3) is 6.37. The van der Waals surface area contributed by atoms with E-state index in [1.54, 1.807) is 45.0 Å². The Hall–Kier alpha value is -2.81. The van der Waals surface area contributed by atoms with Crippen molar-refractivity contribution in [1.82, 2.24) is 0 Å². The number of amidine groups is 1. The highest BCUT2D eigenvalue weighted by atomic mass is 35.5. The Morgan fingerprint density at radius 1 is 1.06 bits per heavy atom. The summed E-state index contributed by atoms with van der Waals surface area (Å²) in [6.45, 7) is 4.99. The number of ether oxygens (including phenoxy) is 1. The average Bonchev–Trinajstić information content (AvgIpc) is 2.73. The smallest absolute Gasteiger partial charge is 0.327 e. The summed E-state index contributed by atoms with van der Waals surface area (Å²) in [6, 6.07) is 15.2. The quantitative estimate of drug-likeness (QED) is 0.158. The molecule has 3 aromatic carbocycles. The first-order chi connectivity index (χ1) is 15.5. The third-order valence-electron chi connectivity index (χ3n) is 4.45. The molecule has 0 fully saturated rings. The van der Waals surface area contributed by atoms with E-state index < -0.39 is 22.6 Å². The van der Waals surface area contributed by atoms with E-state index in [1.807, 2.05) is 12.1 Å². The van der Waals surface area contributed by atoms with Gasteiger partial charge in [0.15, 0.2) is 16.8 Å². The lowest BCUT2D eigenvalue weighted by Crippen LogP contribution is -2.36. The van der Waals surface area contributed by atoms with E-state index in [0.29, 0.717) is 26.2 Å². The van der Waals surface area contributed by atoms with Gasteiger partial charge in [-0.2, -0.15) is 0 Å². The zero-order valence-electron chi connectivity index (χ0n) is 18.2. The molecular formula is C23H23Cl2N3O4S. The number of hydrogen-bond donors (Lipinski definition) is 2. The predicted molar refractivity (Wildman–Crippen MR) is 133 cm³/mol. The average molecular weight is 508 g/mol. The van der Waals surface area contributed by atoms with Crippen molar-refractivity contribution in [2.45, 2.75) is 31.3 Å². The highest BCUT2D eigenvalue weighted by Gasteiger charge is 2.24. The molecule has 7 nitrogen and oxygen atoms in total. The van der Waals surface area contributed by atoms with Crippen LogP contribution in [0.5, 0.6) is 0 Å². The van der Waals surface area contributed by atoms with Gasteiger partial charge in [-0.25, -0.2) is 4.21 Å². The topological polar surface area (TPSA) is 105 Å². The summed E-state index contributed by atoms with van der Waals surface area (Å²) < 4.78 is 20.4. The van der Waals surface area contributed by atoms with Gasteiger partial charge in [0.2, 0.25) is 0 Å². The Morgan fingerprint density at radius 3 is 2.30 bits per heavy atom. The van der Waals surface area contributed by atoms with E-state index in [0.717, 1.165) is 10.8 Å². The number of nitrogens with zero attached hydrogens (tertiary/aromatic N) is 2. The van der Waals surface area contributed by atoms with Crippen LogP contribution in [0.4, 0.5) is 5.69 Å². The first kappa shape index (κ1) is 24.8. The molecule has 1 unspecified atom stereocenters. The van der Waals surface area contributed by atoms with Gasteiger partial charge in [0.1, 0.15) is 12.1 Å². The number of anilines is 1. The summed E-state index contributed by atoms with van der Waals surface area (Å²) in [4.78, 5) is 13.0. The molecule has 33 heavy (non-hydrogen) atoms. The molecule has 174 valence electrons. The summed E-state index contributed by atoms with van der Waals surface area (Å²) in [7, 11) is -1.83. The van der Waals surface area contributed by atoms with Crippen LogP contribution in [0.25, 0.3) is 10.8 Å². The summed E-state index contributed by atoms with van der Waals surface area (Å²) >= 11 is 12.2. The molecule has 0 saturated carbocycles. The van der Waals surface area contributed by atoms with Gasteiger partial charge in [-0.1, -0.05) is 46.6 Å². The molecule has 0 aliphatic heterocycles. The summed E-state index contributed by atoms with van der Waals surface area (Å²) in [5.74, 6) is -0.584. The lowest BCUT2D eigenvalue weighted by molar-refractivity contribution is -0.152. The molecule has 10 heteroatoms. The largest absolute Gasteiger partial charge is 0.459 e. The van der Waals surface area contributed by atoms with Gasteiger partial charge in [-0.15, -0.1) is 0 Å². The van der Waals surface area contributed by atoms with E-state index in [1.165, 1.54) is 22.5 Å². The monoisotopic (exact) mass is 507 g/mol. The summed E-state index contributed by atoms with van der Waals surface area (Å²) in [5.41, 5.74) is 6.03. The first-order valence-electron chi connectivity index (χ1n) is 9.86. The highest BCUT2D eigenvalue weighted by molar-refractivity contribution is 7.86. The number of rotatable bonds is 6. The predicted octanol–water partition coefficient (Wildman–Crippen LogP) is 5.11. The number of carbonyl (C=O) groups is 1. The van der Waals surface area contributed by atoms with Crippen LogP contribution in [0.15, 0.2) is 64.6 Å². The number of carbonyl (C=O) groups excluding carboxylic acids is 1. The van der Waals surface area contributed by atoms with Crippen LogP contribution in [0.2, 0.25) is 10.0 Å². The Kier molecular flexibility index (Phi) is 7.51. The second-order valence-corrected chi connectivity index (χ2v) is 10.5. The van der Waals surface area contributed by atoms with Crippen molar-refractivity contribution in [3.63, 3.8) is 0 Å². The molecule has 3 aromatic rings. The van der Waals surface area contributed by atoms with Gasteiger partial charge < -0.3 is 15.7 Å². The molecular weight excluding hydrogens is 485 g/mol. The lowest BCUT2D eigenvalue weighted by Gasteiger charge is -2.26. The number of hydrogen-bond acceptors (Lipinski definition) is 5. The van der Waals surface area contributed by atoms with Crippen LogP contribution >= 0.6 is 23.2 Å². The van der Waals surface area contributed by atoms with Crippen LogP contribution in [-0.2, 0) is 20.5 Å². The van der Waals surface area contributed by atoms with E-state index >= 15 is 0 Å². The highest BCUT2D eigenvalue weighted by Crippen LogP contribution is 2.29. The van der Waals surface area contributed by atoms with Crippen molar-refractivity contribution in [3.05, 3.63) is 70.2 Å². The fraction of sp³-hybridized carbons (Fsp3) is 0.217. The summed E-state index contributed by atoms with van der Waals surface area (Å²) in [5, 5.41) is 14.3. The fourth-order valence-corrected chi connectivity index (χ4v) is 4.99. The van der Waals surface area contributed by atoms with Gasteiger partial charge in [0.05, 0.1) is 10.6 Å². The SMILES string of the molecule is CC(C)(C)OC(=O)CN(c1ccc2ccc(/C(N)=N/O)cc2c1)S(=O)c1cc(Cl)cc(Cl)c1. The lowest BCUT2D eigenvalue weighted by atomic mass is 10.1. The Bertz CT molecular complexity index is 1240. The molecule has 0 aliphatic carbocycles. The Labute approximate surface area is 204 Å². The molecule has 0 radical (unpaired) electrons. The zero-order chi connectivity index (χ0) is 24.3. The van der Waals surface area contributed by atoms with E-state index in [2.05, 4.69) is 5.16 Å². The van der Waals surface area contributed by atoms with Crippen molar-refractivity contribution >= 4 is 62.5 Å². The van der Waals surface area contributed by atoms with Crippen molar-refractivity contribution in [1.29, 1.82) is 0 Å². The molecule has 1 atom stereocenters. The number of fused-ring (bicyclic) bond motifs is 1. The number of nitrogens with two attached hydrogens (primary N) is 1. The second kappa shape index (κ2) is 9.99. The van der Waals surface area contributed by atoms with Crippen molar-refractivity contribution < 1.29 is 18.9 Å². The van der Waals surface area contributed by atoms with E-state index in [4.69, 9.17) is 38.9 Å². The number of esters is 1. The Morgan fingerprint density at radius 2 is 1.70 bits per heavy atom. The molecule has 0 amide bonds. The van der Waals surface area contributed by atoms with Crippen LogP contribution in [0.3, 0.4) is 0 Å². The van der Waals surface area contributed by atoms with Gasteiger partial charge in [-0.3, -0.25) is 9.10 Å². The van der Waals surface area contributed by atoms with E-state index in [9.17, 15) is 9.00 Å². The van der Waals surface area contributed by atoms with Crippen molar-refractivity contribution in [2.75, 3.05) is 10.8 Å². The van der Waals surface area contributed by atoms with Crippen LogP contribution in [0.1, 0.15) is 26.3 Å². The second-order valence-electron chi connectivity index (χ2n) is 8.21. The van der Waals surface area contributed by atoms with Crippen molar-refractivity contribution in [2.24, 2.45) is 10.9 Å². The third-order valence-corrected chi connectivity index (χ3v) is 6.26. The van der Waals surface area contributed by atoms with Gasteiger partial charge >= 0.3 is 5.97 Å². The molecule has 3 rings (SSSR count). The fourth-order valence-electron chi connectivity index (χ4n) is 3.10. The maximum absolute atomic E-state index is 13.5.